The molecule has 0 saturated heterocycles. The zero-order valence-corrected chi connectivity index (χ0v) is 11.9. The molecule has 0 rings (SSSR count). The van der Waals surface area contributed by atoms with Gasteiger partial charge in [-0.3, -0.25) is 0 Å². The van der Waals surface area contributed by atoms with Crippen molar-refractivity contribution in [3.63, 3.8) is 0 Å². The normalized spacial score (nSPS) is 13.3. The van der Waals surface area contributed by atoms with Crippen molar-refractivity contribution in [2.75, 3.05) is 0 Å². The molecule has 0 aliphatic heterocycles. The van der Waals surface area contributed by atoms with Gasteiger partial charge >= 0.3 is 6.16 Å². The molecule has 5 heteroatoms. The number of rotatable bonds is 10. The second-order valence-electron chi connectivity index (χ2n) is 5.22. The summed E-state index contributed by atoms with van der Waals surface area (Å²) in [5.74, 6) is 0.688. The van der Waals surface area contributed by atoms with Gasteiger partial charge in [-0.25, -0.2) is 9.68 Å². The minimum atomic E-state index is -1.51. The minimum absolute atomic E-state index is 0.547. The Morgan fingerprint density at radius 3 is 2.44 bits per heavy atom. The van der Waals surface area contributed by atoms with Crippen LogP contribution in [0.15, 0.2) is 0 Å². The van der Waals surface area contributed by atoms with Crippen LogP contribution in [0.4, 0.5) is 4.79 Å². The first kappa shape index (κ1) is 17.2. The fourth-order valence-electron chi connectivity index (χ4n) is 1.78. The Balaban J connectivity index is 3.87. The van der Waals surface area contributed by atoms with E-state index < -0.39 is 11.8 Å². The average molecular weight is 262 g/mol. The molecule has 1 atom stereocenters. The first-order chi connectivity index (χ1) is 8.41. The van der Waals surface area contributed by atoms with E-state index in [1.54, 1.807) is 0 Å². The number of carbonyl (C=O) groups is 1. The topological polar surface area (TPSA) is 65.0 Å². The Kier molecular flexibility index (Phi) is 8.75. The van der Waals surface area contributed by atoms with Crippen molar-refractivity contribution < 1.29 is 24.7 Å². The van der Waals surface area contributed by atoms with E-state index in [1.807, 2.05) is 13.8 Å². The molecule has 108 valence electrons. The second kappa shape index (κ2) is 9.16. The van der Waals surface area contributed by atoms with Crippen LogP contribution in [0.1, 0.15) is 66.2 Å². The summed E-state index contributed by atoms with van der Waals surface area (Å²) in [5, 5.41) is 12.4. The molecule has 0 heterocycles. The largest absolute Gasteiger partial charge is 0.540 e. The van der Waals surface area contributed by atoms with Crippen molar-refractivity contribution in [2.24, 2.45) is 5.92 Å². The molecule has 18 heavy (non-hydrogen) atoms. The Hall–Kier alpha value is -0.810. The molecule has 0 radical (unpaired) electrons. The van der Waals surface area contributed by atoms with Gasteiger partial charge in [0.15, 0.2) is 0 Å². The first-order valence-electron chi connectivity index (χ1n) is 6.66. The van der Waals surface area contributed by atoms with Crippen LogP contribution >= 0.6 is 0 Å². The van der Waals surface area contributed by atoms with Crippen LogP contribution in [0, 0.1) is 5.92 Å². The molecular weight excluding hydrogens is 236 g/mol. The lowest BCUT2D eigenvalue weighted by Gasteiger charge is -2.24. The van der Waals surface area contributed by atoms with Crippen molar-refractivity contribution in [1.29, 1.82) is 0 Å². The molecule has 5 nitrogen and oxygen atoms in total. The third-order valence-corrected chi connectivity index (χ3v) is 3.06. The molecule has 0 fully saturated rings. The summed E-state index contributed by atoms with van der Waals surface area (Å²) in [6.07, 6.45) is 5.18. The van der Waals surface area contributed by atoms with Crippen LogP contribution in [0.3, 0.4) is 0 Å². The summed E-state index contributed by atoms with van der Waals surface area (Å²) >= 11 is 0. The monoisotopic (exact) mass is 262 g/mol. The molecule has 0 aromatic rings. The van der Waals surface area contributed by atoms with Crippen LogP contribution in [0.2, 0.25) is 0 Å². The molecule has 0 aromatic heterocycles. The van der Waals surface area contributed by atoms with Crippen LogP contribution in [0.5, 0.6) is 0 Å². The van der Waals surface area contributed by atoms with E-state index in [9.17, 15) is 4.79 Å². The van der Waals surface area contributed by atoms with E-state index >= 15 is 0 Å². The van der Waals surface area contributed by atoms with Gasteiger partial charge in [-0.15, -0.1) is 0 Å². The van der Waals surface area contributed by atoms with Gasteiger partial charge in [0, 0.05) is 0 Å². The SMILES string of the molecule is CCCCC(CC)CCC(C)(C)OOOC(=O)O. The predicted octanol–water partition coefficient (Wildman–Crippen LogP) is 4.32. The quantitative estimate of drug-likeness (QED) is 0.469. The highest BCUT2D eigenvalue weighted by atomic mass is 17.5. The van der Waals surface area contributed by atoms with Gasteiger partial charge in [0.2, 0.25) is 0 Å². The van der Waals surface area contributed by atoms with Crippen molar-refractivity contribution in [1.82, 2.24) is 0 Å². The molecule has 0 amide bonds. The van der Waals surface area contributed by atoms with Gasteiger partial charge in [-0.2, -0.15) is 4.89 Å². The lowest BCUT2D eigenvalue weighted by Crippen LogP contribution is -2.26. The van der Waals surface area contributed by atoms with E-state index in [2.05, 4.69) is 23.8 Å². The summed E-state index contributed by atoms with van der Waals surface area (Å²) in [6, 6.07) is 0. The predicted molar refractivity (Wildman–Crippen MR) is 67.9 cm³/mol. The molecule has 0 aromatic carbocycles. The van der Waals surface area contributed by atoms with Crippen LogP contribution < -0.4 is 0 Å². The van der Waals surface area contributed by atoms with E-state index in [-0.39, 0.29) is 0 Å². The third kappa shape index (κ3) is 9.24. The van der Waals surface area contributed by atoms with Gasteiger partial charge in [-0.05, 0) is 37.6 Å². The standard InChI is InChI=1S/C13H26O5/c1-5-7-8-11(6-2)9-10-13(3,4)17-18-16-12(14)15/h11H,5-10H2,1-4H3,(H,14,15). The second-order valence-corrected chi connectivity index (χ2v) is 5.22. The van der Waals surface area contributed by atoms with Crippen molar-refractivity contribution >= 4 is 6.16 Å². The van der Waals surface area contributed by atoms with E-state index in [4.69, 9.17) is 9.99 Å². The lowest BCUT2D eigenvalue weighted by atomic mass is 9.90. The smallest absolute Gasteiger partial charge is 0.448 e. The van der Waals surface area contributed by atoms with Gasteiger partial charge < -0.3 is 5.11 Å². The van der Waals surface area contributed by atoms with Gasteiger partial charge in [0.05, 0.1) is 0 Å². The van der Waals surface area contributed by atoms with Crippen molar-refractivity contribution in [3.05, 3.63) is 0 Å². The minimum Gasteiger partial charge on any atom is -0.448 e. The molecule has 0 bridgehead atoms. The van der Waals surface area contributed by atoms with Gasteiger partial charge in [0.25, 0.3) is 0 Å². The molecule has 0 aliphatic rings. The summed E-state index contributed by atoms with van der Waals surface area (Å²) < 4.78 is 0. The van der Waals surface area contributed by atoms with Crippen LogP contribution in [0.25, 0.3) is 0 Å². The number of carboxylic acid groups (broad SMARTS) is 1. The molecule has 1 N–H and O–H groups in total. The van der Waals surface area contributed by atoms with Crippen molar-refractivity contribution in [2.45, 2.75) is 71.8 Å². The van der Waals surface area contributed by atoms with Crippen LogP contribution in [-0.4, -0.2) is 16.9 Å². The molecular formula is C13H26O5. The molecule has 0 aliphatic carbocycles. The summed E-state index contributed by atoms with van der Waals surface area (Å²) in [7, 11) is 0. The molecule has 0 spiro atoms. The zero-order valence-electron chi connectivity index (χ0n) is 11.9. The Labute approximate surface area is 109 Å². The highest BCUT2D eigenvalue weighted by molar-refractivity contribution is 5.55. The Morgan fingerprint density at radius 1 is 1.28 bits per heavy atom. The highest BCUT2D eigenvalue weighted by Gasteiger charge is 2.23. The first-order valence-corrected chi connectivity index (χ1v) is 6.66. The maximum Gasteiger partial charge on any atom is 0.540 e. The number of unbranched alkanes of at least 4 members (excludes halogenated alkanes) is 1. The van der Waals surface area contributed by atoms with Gasteiger partial charge in [-0.1, -0.05) is 39.5 Å². The zero-order chi connectivity index (χ0) is 14.0. The van der Waals surface area contributed by atoms with Crippen LogP contribution in [-0.2, 0) is 14.8 Å². The average Bonchev–Trinajstić information content (AvgIpc) is 2.28. The molecule has 0 saturated carbocycles. The van der Waals surface area contributed by atoms with Crippen molar-refractivity contribution in [3.8, 4) is 0 Å². The maximum absolute atomic E-state index is 10.1. The maximum atomic E-state index is 10.1. The fraction of sp³-hybridized carbons (Fsp3) is 0.923. The Morgan fingerprint density at radius 2 is 1.94 bits per heavy atom. The highest BCUT2D eigenvalue weighted by Crippen LogP contribution is 2.25. The number of hydrogen-bond donors (Lipinski definition) is 1. The lowest BCUT2D eigenvalue weighted by molar-refractivity contribution is -0.516. The van der Waals surface area contributed by atoms with E-state index in [0.717, 1.165) is 19.3 Å². The van der Waals surface area contributed by atoms with E-state index in [0.29, 0.717) is 5.92 Å². The summed E-state index contributed by atoms with van der Waals surface area (Å²) in [4.78, 5) is 18.9. The van der Waals surface area contributed by atoms with E-state index in [1.165, 1.54) is 19.3 Å². The number of hydrogen-bond acceptors (Lipinski definition) is 4. The van der Waals surface area contributed by atoms with Gasteiger partial charge in [0.1, 0.15) is 5.60 Å². The molecule has 1 unspecified atom stereocenters. The summed E-state index contributed by atoms with van der Waals surface area (Å²) in [6.45, 7) is 8.09. The Bertz CT molecular complexity index is 227. The summed E-state index contributed by atoms with van der Waals surface area (Å²) in [5.41, 5.74) is -0.547. The third-order valence-electron chi connectivity index (χ3n) is 3.06. The fourth-order valence-corrected chi connectivity index (χ4v) is 1.78.